The van der Waals surface area contributed by atoms with E-state index in [1.807, 2.05) is 36.6 Å². The summed E-state index contributed by atoms with van der Waals surface area (Å²) >= 11 is 0. The Morgan fingerprint density at radius 3 is 2.29 bits per heavy atom. The Labute approximate surface area is 139 Å². The van der Waals surface area contributed by atoms with Crippen LogP contribution in [-0.2, 0) is 0 Å². The largest absolute Gasteiger partial charge is 0.325 e. The Kier molecular flexibility index (Phi) is 3.93. The minimum atomic E-state index is -0.285. The van der Waals surface area contributed by atoms with Crippen LogP contribution in [-0.4, -0.2) is 34.4 Å². The van der Waals surface area contributed by atoms with Crippen LogP contribution < -0.4 is 5.32 Å². The zero-order valence-corrected chi connectivity index (χ0v) is 13.0. The van der Waals surface area contributed by atoms with Gasteiger partial charge in [0.05, 0.1) is 0 Å². The number of hydrogen-bond acceptors (Lipinski definition) is 6. The van der Waals surface area contributed by atoms with E-state index in [0.717, 1.165) is 41.3 Å². The van der Waals surface area contributed by atoms with Crippen LogP contribution >= 0.6 is 0 Å². The Hall–Kier alpha value is -3.15. The lowest BCUT2D eigenvalue weighted by molar-refractivity contribution is 0.750. The molecule has 2 aliphatic rings. The number of hydrogen-bond donors (Lipinski definition) is 1. The Balaban J connectivity index is 1.75. The van der Waals surface area contributed by atoms with E-state index >= 15 is 0 Å². The lowest BCUT2D eigenvalue weighted by Crippen LogP contribution is -2.37. The summed E-state index contributed by atoms with van der Waals surface area (Å²) in [5.41, 5.74) is 3.15. The van der Waals surface area contributed by atoms with Crippen molar-refractivity contribution < 1.29 is 0 Å². The van der Waals surface area contributed by atoms with Crippen LogP contribution in [0, 0.1) is 0 Å². The van der Waals surface area contributed by atoms with Crippen molar-refractivity contribution in [3.05, 3.63) is 71.8 Å². The van der Waals surface area contributed by atoms with Gasteiger partial charge in [0.2, 0.25) is 0 Å². The lowest BCUT2D eigenvalue weighted by atomic mass is 10.1. The third kappa shape index (κ3) is 2.99. The molecule has 6 nitrogen and oxygen atoms in total. The molecule has 1 unspecified atom stereocenters. The van der Waals surface area contributed by atoms with Gasteiger partial charge in [0.25, 0.3) is 0 Å². The van der Waals surface area contributed by atoms with Gasteiger partial charge in [-0.05, 0) is 42.3 Å². The number of nitrogens with one attached hydrogen (secondary N) is 1. The number of aromatic nitrogens is 2. The predicted molar refractivity (Wildman–Crippen MR) is 94.4 cm³/mol. The van der Waals surface area contributed by atoms with Gasteiger partial charge in [0.15, 0.2) is 6.17 Å². The van der Waals surface area contributed by atoms with Crippen molar-refractivity contribution in [1.82, 2.24) is 15.3 Å². The highest BCUT2D eigenvalue weighted by molar-refractivity contribution is 6.16. The molecule has 0 spiro atoms. The zero-order valence-electron chi connectivity index (χ0n) is 13.0. The van der Waals surface area contributed by atoms with Gasteiger partial charge >= 0.3 is 0 Å². The predicted octanol–water partition coefficient (Wildman–Crippen LogP) is 2.32. The molecule has 0 radical (unpaired) electrons. The van der Waals surface area contributed by atoms with E-state index in [4.69, 9.17) is 9.98 Å². The van der Waals surface area contributed by atoms with Crippen molar-refractivity contribution >= 4 is 17.9 Å². The quantitative estimate of drug-likeness (QED) is 0.944. The van der Waals surface area contributed by atoms with Crippen LogP contribution in [0.25, 0.3) is 0 Å². The van der Waals surface area contributed by atoms with Crippen molar-refractivity contribution in [2.24, 2.45) is 15.0 Å². The molecule has 0 aliphatic carbocycles. The molecule has 0 aromatic carbocycles. The average molecular weight is 316 g/mol. The molecule has 1 atom stereocenters. The summed E-state index contributed by atoms with van der Waals surface area (Å²) in [6.45, 7) is 0.786. The third-order valence-corrected chi connectivity index (χ3v) is 3.89. The molecular weight excluding hydrogens is 300 g/mol. The van der Waals surface area contributed by atoms with Crippen LogP contribution in [0.15, 0.2) is 75.7 Å². The summed E-state index contributed by atoms with van der Waals surface area (Å²) < 4.78 is 0. The summed E-state index contributed by atoms with van der Waals surface area (Å²) in [4.78, 5) is 22.0. The number of nitrogens with zero attached hydrogens (tertiary/aromatic N) is 5. The highest BCUT2D eigenvalue weighted by atomic mass is 15.2. The van der Waals surface area contributed by atoms with Crippen molar-refractivity contribution in [2.45, 2.75) is 12.6 Å². The molecule has 4 heterocycles. The first-order valence-corrected chi connectivity index (χ1v) is 7.82. The molecule has 2 aromatic heterocycles. The number of amidine groups is 2. The maximum atomic E-state index is 4.80. The summed E-state index contributed by atoms with van der Waals surface area (Å²) in [6.07, 6.45) is 11.5. The second-order valence-corrected chi connectivity index (χ2v) is 5.47. The molecule has 2 aromatic rings. The normalized spacial score (nSPS) is 19.8. The summed E-state index contributed by atoms with van der Waals surface area (Å²) in [7, 11) is 0. The third-order valence-electron chi connectivity index (χ3n) is 3.89. The molecule has 0 fully saturated rings. The fourth-order valence-corrected chi connectivity index (χ4v) is 2.64. The minimum Gasteiger partial charge on any atom is -0.325 e. The summed E-state index contributed by atoms with van der Waals surface area (Å²) in [6, 6.07) is 7.77. The maximum absolute atomic E-state index is 4.80. The first-order valence-electron chi connectivity index (χ1n) is 7.82. The van der Waals surface area contributed by atoms with Crippen LogP contribution in [0.1, 0.15) is 23.7 Å². The summed E-state index contributed by atoms with van der Waals surface area (Å²) in [5, 5.41) is 3.37. The molecule has 0 saturated carbocycles. The van der Waals surface area contributed by atoms with E-state index in [2.05, 4.69) is 20.3 Å². The topological polar surface area (TPSA) is 74.9 Å². The highest BCUT2D eigenvalue weighted by Gasteiger charge is 2.21. The van der Waals surface area contributed by atoms with Gasteiger partial charge in [-0.25, -0.2) is 9.98 Å². The van der Waals surface area contributed by atoms with Crippen LogP contribution in [0.5, 0.6) is 0 Å². The SMILES string of the molecule is C1=NCCC(C2=NC(c3ccncc3)N=C(c3ccncc3)N2)=C1. The van der Waals surface area contributed by atoms with Crippen molar-refractivity contribution in [3.63, 3.8) is 0 Å². The smallest absolute Gasteiger partial charge is 0.169 e. The van der Waals surface area contributed by atoms with Gasteiger partial charge in [-0.3, -0.25) is 15.0 Å². The fourth-order valence-electron chi connectivity index (χ4n) is 2.64. The zero-order chi connectivity index (χ0) is 16.2. The highest BCUT2D eigenvalue weighted by Crippen LogP contribution is 2.24. The molecule has 0 bridgehead atoms. The Morgan fingerprint density at radius 1 is 0.875 bits per heavy atom. The monoisotopic (exact) mass is 316 g/mol. The molecule has 6 heteroatoms. The molecule has 0 amide bonds. The fraction of sp³-hybridized carbons (Fsp3) is 0.167. The summed E-state index contributed by atoms with van der Waals surface area (Å²) in [5.74, 6) is 1.65. The van der Waals surface area contributed by atoms with Gasteiger partial charge in [0.1, 0.15) is 11.7 Å². The van der Waals surface area contributed by atoms with E-state index in [0.29, 0.717) is 0 Å². The van der Waals surface area contributed by atoms with E-state index in [1.165, 1.54) is 0 Å². The van der Waals surface area contributed by atoms with Crippen LogP contribution in [0.2, 0.25) is 0 Å². The first kappa shape index (κ1) is 14.4. The standard InChI is InChI=1S/C18H16N6/c1-7-19-8-2-13(1)16-22-17(14-3-9-20-10-4-14)24-18(23-16)15-5-11-21-12-6-15/h1-5,7-11,16H,6,12H2,(H,22,23,24). The van der Waals surface area contributed by atoms with E-state index < -0.39 is 0 Å². The van der Waals surface area contributed by atoms with Crippen molar-refractivity contribution in [1.29, 1.82) is 0 Å². The van der Waals surface area contributed by atoms with Gasteiger partial charge in [-0.15, -0.1) is 0 Å². The van der Waals surface area contributed by atoms with Gasteiger partial charge < -0.3 is 5.32 Å². The molecule has 24 heavy (non-hydrogen) atoms. The first-order chi connectivity index (χ1) is 11.9. The van der Waals surface area contributed by atoms with Gasteiger partial charge in [-0.2, -0.15) is 0 Å². The van der Waals surface area contributed by atoms with Crippen molar-refractivity contribution in [2.75, 3.05) is 6.54 Å². The minimum absolute atomic E-state index is 0.285. The van der Waals surface area contributed by atoms with Gasteiger partial charge in [0, 0.05) is 48.7 Å². The molecule has 4 rings (SSSR count). The second kappa shape index (κ2) is 6.54. The molecule has 0 saturated heterocycles. The average Bonchev–Trinajstić information content (AvgIpc) is 2.70. The lowest BCUT2D eigenvalue weighted by Gasteiger charge is -2.23. The Bertz CT molecular complexity index is 836. The Morgan fingerprint density at radius 2 is 1.58 bits per heavy atom. The van der Waals surface area contributed by atoms with E-state index in [-0.39, 0.29) is 6.17 Å². The number of allylic oxidation sites excluding steroid dienone is 1. The maximum Gasteiger partial charge on any atom is 0.169 e. The van der Waals surface area contributed by atoms with Crippen LogP contribution in [0.4, 0.5) is 0 Å². The molecule has 118 valence electrons. The number of aliphatic imine (C=N–C) groups is 3. The number of pyridine rings is 2. The molecular formula is C18H16N6. The van der Waals surface area contributed by atoms with E-state index in [1.54, 1.807) is 24.8 Å². The van der Waals surface area contributed by atoms with Crippen LogP contribution in [0.3, 0.4) is 0 Å². The number of dihydropyridines is 1. The second-order valence-electron chi connectivity index (χ2n) is 5.47. The molecule has 2 aliphatic heterocycles. The molecule has 1 N–H and O–H groups in total. The van der Waals surface area contributed by atoms with Gasteiger partial charge in [-0.1, -0.05) is 0 Å². The number of rotatable bonds is 3. The van der Waals surface area contributed by atoms with Crippen molar-refractivity contribution in [3.8, 4) is 0 Å². The van der Waals surface area contributed by atoms with E-state index in [9.17, 15) is 0 Å².